The molecule has 0 saturated heterocycles. The van der Waals surface area contributed by atoms with Gasteiger partial charge in [-0.15, -0.1) is 0 Å². The summed E-state index contributed by atoms with van der Waals surface area (Å²) in [6, 6.07) is 7.62. The van der Waals surface area contributed by atoms with Crippen LogP contribution >= 0.6 is 11.8 Å². The summed E-state index contributed by atoms with van der Waals surface area (Å²) in [6.07, 6.45) is 2.02. The van der Waals surface area contributed by atoms with E-state index >= 15 is 0 Å². The maximum atomic E-state index is 5.84. The minimum absolute atomic E-state index is 0.0189. The first-order valence-corrected chi connectivity index (χ1v) is 6.42. The molecular formula is C11H14N2O2S. The molecule has 2 N–H and O–H groups in total. The molecule has 0 saturated carbocycles. The van der Waals surface area contributed by atoms with Crippen LogP contribution in [0.3, 0.4) is 0 Å². The fourth-order valence-electron chi connectivity index (χ4n) is 1.41. The summed E-state index contributed by atoms with van der Waals surface area (Å²) >= 11 is 1.70. The van der Waals surface area contributed by atoms with E-state index in [9.17, 15) is 0 Å². The van der Waals surface area contributed by atoms with Crippen molar-refractivity contribution in [1.29, 1.82) is 0 Å². The number of thioether (sulfide) groups is 1. The Bertz CT molecular complexity index is 458. The summed E-state index contributed by atoms with van der Waals surface area (Å²) in [7, 11) is 0. The van der Waals surface area contributed by atoms with E-state index in [0.29, 0.717) is 12.5 Å². The first-order valence-electron chi connectivity index (χ1n) is 5.03. The van der Waals surface area contributed by atoms with Crippen LogP contribution in [0.25, 0.3) is 11.0 Å². The highest BCUT2D eigenvalue weighted by molar-refractivity contribution is 7.98. The largest absolute Gasteiger partial charge is 0.473 e. The van der Waals surface area contributed by atoms with Gasteiger partial charge in [0.1, 0.15) is 6.61 Å². The number of nitrogens with zero attached hydrogens (tertiary/aromatic N) is 1. The molecule has 0 aliphatic rings. The number of rotatable bonds is 5. The van der Waals surface area contributed by atoms with Crippen molar-refractivity contribution < 1.29 is 9.26 Å². The number of hydrogen-bond acceptors (Lipinski definition) is 5. The number of ether oxygens (including phenoxy) is 1. The van der Waals surface area contributed by atoms with Crippen LogP contribution in [0.15, 0.2) is 28.8 Å². The molecule has 16 heavy (non-hydrogen) atoms. The van der Waals surface area contributed by atoms with Gasteiger partial charge in [0.25, 0.3) is 5.88 Å². The van der Waals surface area contributed by atoms with Gasteiger partial charge in [-0.3, -0.25) is 0 Å². The molecule has 2 aromatic rings. The predicted octanol–water partition coefficient (Wildman–Crippen LogP) is 1.90. The van der Waals surface area contributed by atoms with E-state index in [1.165, 1.54) is 0 Å². The van der Waals surface area contributed by atoms with Crippen LogP contribution in [-0.2, 0) is 0 Å². The minimum Gasteiger partial charge on any atom is -0.473 e. The molecule has 2 rings (SSSR count). The highest BCUT2D eigenvalue weighted by Gasteiger charge is 2.10. The van der Waals surface area contributed by atoms with Gasteiger partial charge in [0.2, 0.25) is 0 Å². The van der Waals surface area contributed by atoms with Crippen LogP contribution in [-0.4, -0.2) is 29.8 Å². The van der Waals surface area contributed by atoms with Crippen molar-refractivity contribution in [2.75, 3.05) is 18.6 Å². The Morgan fingerprint density at radius 2 is 2.31 bits per heavy atom. The summed E-state index contributed by atoms with van der Waals surface area (Å²) < 4.78 is 10.7. The third kappa shape index (κ3) is 2.48. The van der Waals surface area contributed by atoms with Crippen molar-refractivity contribution in [2.45, 2.75) is 6.04 Å². The number of hydrogen-bond donors (Lipinski definition) is 1. The van der Waals surface area contributed by atoms with E-state index < -0.39 is 0 Å². The Hall–Kier alpha value is -1.20. The molecule has 1 unspecified atom stereocenters. The minimum atomic E-state index is 0.0189. The second kappa shape index (κ2) is 5.23. The first-order chi connectivity index (χ1) is 7.81. The number of nitrogens with two attached hydrogens (primary N) is 1. The average molecular weight is 238 g/mol. The van der Waals surface area contributed by atoms with E-state index in [1.807, 2.05) is 30.5 Å². The summed E-state index contributed by atoms with van der Waals surface area (Å²) in [5.41, 5.74) is 6.57. The molecule has 0 aliphatic carbocycles. The van der Waals surface area contributed by atoms with Gasteiger partial charge in [-0.05, 0) is 23.5 Å². The molecule has 1 atom stereocenters. The molecular weight excluding hydrogens is 224 g/mol. The zero-order chi connectivity index (χ0) is 11.4. The van der Waals surface area contributed by atoms with Crippen LogP contribution in [0.1, 0.15) is 0 Å². The predicted molar refractivity (Wildman–Crippen MR) is 65.9 cm³/mol. The van der Waals surface area contributed by atoms with Gasteiger partial charge in [0, 0.05) is 11.8 Å². The van der Waals surface area contributed by atoms with Gasteiger partial charge < -0.3 is 15.0 Å². The lowest BCUT2D eigenvalue weighted by Gasteiger charge is -2.09. The number of fused-ring (bicyclic) bond motifs is 1. The van der Waals surface area contributed by atoms with E-state index in [4.69, 9.17) is 15.0 Å². The van der Waals surface area contributed by atoms with Gasteiger partial charge in [-0.1, -0.05) is 12.1 Å². The second-order valence-electron chi connectivity index (χ2n) is 3.51. The normalized spacial score (nSPS) is 12.9. The van der Waals surface area contributed by atoms with Gasteiger partial charge in [0.05, 0.1) is 5.39 Å². The maximum absolute atomic E-state index is 5.84. The molecule has 0 spiro atoms. The Kier molecular flexibility index (Phi) is 3.69. The standard InChI is InChI=1S/C11H14N2O2S/c1-16-7-8(12)6-14-11-9-4-2-3-5-10(9)15-13-11/h2-5,8H,6-7,12H2,1H3. The molecule has 1 aromatic carbocycles. The second-order valence-corrected chi connectivity index (χ2v) is 4.42. The molecule has 1 heterocycles. The van der Waals surface area contributed by atoms with Crippen molar-refractivity contribution in [3.8, 4) is 5.88 Å². The van der Waals surface area contributed by atoms with Crippen LogP contribution in [0, 0.1) is 0 Å². The van der Waals surface area contributed by atoms with E-state index in [0.717, 1.165) is 16.7 Å². The lowest BCUT2D eigenvalue weighted by atomic mass is 10.3. The van der Waals surface area contributed by atoms with Crippen molar-refractivity contribution in [2.24, 2.45) is 5.73 Å². The number of para-hydroxylation sites is 1. The Morgan fingerprint density at radius 1 is 1.50 bits per heavy atom. The fraction of sp³-hybridized carbons (Fsp3) is 0.364. The third-order valence-corrected chi connectivity index (χ3v) is 2.92. The zero-order valence-electron chi connectivity index (χ0n) is 9.05. The molecule has 5 heteroatoms. The molecule has 0 amide bonds. The zero-order valence-corrected chi connectivity index (χ0v) is 9.87. The van der Waals surface area contributed by atoms with Crippen LogP contribution < -0.4 is 10.5 Å². The summed E-state index contributed by atoms with van der Waals surface area (Å²) in [5, 5.41) is 4.76. The summed E-state index contributed by atoms with van der Waals surface area (Å²) in [5.74, 6) is 1.39. The Morgan fingerprint density at radius 3 is 3.12 bits per heavy atom. The SMILES string of the molecule is CSCC(N)COc1noc2ccccc12. The lowest BCUT2D eigenvalue weighted by molar-refractivity contribution is 0.270. The van der Waals surface area contributed by atoms with Gasteiger partial charge in [0.15, 0.2) is 5.58 Å². The van der Waals surface area contributed by atoms with Crippen LogP contribution in [0.4, 0.5) is 0 Å². The monoisotopic (exact) mass is 238 g/mol. The van der Waals surface area contributed by atoms with E-state index in [1.54, 1.807) is 11.8 Å². The highest BCUT2D eigenvalue weighted by atomic mass is 32.2. The Balaban J connectivity index is 2.04. The van der Waals surface area contributed by atoms with Crippen LogP contribution in [0.5, 0.6) is 5.88 Å². The highest BCUT2D eigenvalue weighted by Crippen LogP contribution is 2.24. The van der Waals surface area contributed by atoms with E-state index in [-0.39, 0.29) is 6.04 Å². The maximum Gasteiger partial charge on any atom is 0.262 e. The first kappa shape index (κ1) is 11.3. The van der Waals surface area contributed by atoms with Crippen LogP contribution in [0.2, 0.25) is 0 Å². The molecule has 0 aliphatic heterocycles. The fourth-order valence-corrected chi connectivity index (χ4v) is 1.94. The number of benzene rings is 1. The van der Waals surface area contributed by atoms with Gasteiger partial charge in [-0.25, -0.2) is 0 Å². The quantitative estimate of drug-likeness (QED) is 0.862. The molecule has 4 nitrogen and oxygen atoms in total. The summed E-state index contributed by atoms with van der Waals surface area (Å²) in [4.78, 5) is 0. The Labute approximate surface area is 98.1 Å². The molecule has 0 bridgehead atoms. The third-order valence-electron chi connectivity index (χ3n) is 2.16. The molecule has 1 aromatic heterocycles. The summed E-state index contributed by atoms with van der Waals surface area (Å²) in [6.45, 7) is 0.456. The van der Waals surface area contributed by atoms with Crippen molar-refractivity contribution in [3.05, 3.63) is 24.3 Å². The molecule has 0 radical (unpaired) electrons. The average Bonchev–Trinajstić information content (AvgIpc) is 2.70. The molecule has 0 fully saturated rings. The van der Waals surface area contributed by atoms with Crippen molar-refractivity contribution in [3.63, 3.8) is 0 Å². The van der Waals surface area contributed by atoms with E-state index in [2.05, 4.69) is 5.16 Å². The van der Waals surface area contributed by atoms with Gasteiger partial charge >= 0.3 is 0 Å². The smallest absolute Gasteiger partial charge is 0.262 e. The van der Waals surface area contributed by atoms with Gasteiger partial charge in [-0.2, -0.15) is 11.8 Å². The molecule has 86 valence electrons. The van der Waals surface area contributed by atoms with Crippen molar-refractivity contribution >= 4 is 22.7 Å². The lowest BCUT2D eigenvalue weighted by Crippen LogP contribution is -2.30. The number of aromatic nitrogens is 1. The topological polar surface area (TPSA) is 61.3 Å². The van der Waals surface area contributed by atoms with Crippen molar-refractivity contribution in [1.82, 2.24) is 5.16 Å².